The summed E-state index contributed by atoms with van der Waals surface area (Å²) in [5.41, 5.74) is 5.11. The number of hydrogen-bond acceptors (Lipinski definition) is 2. The van der Waals surface area contributed by atoms with Crippen LogP contribution >= 0.6 is 0 Å². The molecule has 1 amide bonds. The number of nitrogens with two attached hydrogens (primary N) is 1. The highest BCUT2D eigenvalue weighted by Crippen LogP contribution is 2.16. The van der Waals surface area contributed by atoms with Gasteiger partial charge in [-0.2, -0.15) is 0 Å². The van der Waals surface area contributed by atoms with Crippen LogP contribution in [0.15, 0.2) is 0 Å². The van der Waals surface area contributed by atoms with E-state index in [1.165, 1.54) is 6.42 Å². The van der Waals surface area contributed by atoms with Gasteiger partial charge < -0.3 is 11.1 Å². The minimum atomic E-state index is -0.156. The lowest BCUT2D eigenvalue weighted by atomic mass is 9.97. The Labute approximate surface area is 67.3 Å². The van der Waals surface area contributed by atoms with E-state index in [1.807, 2.05) is 0 Å². The number of hydrogen-bond donors (Lipinski definition) is 2. The smallest absolute Gasteiger partial charge is 0.217 e. The summed E-state index contributed by atoms with van der Waals surface area (Å²) < 4.78 is 0. The van der Waals surface area contributed by atoms with Crippen molar-refractivity contribution in [3.63, 3.8) is 0 Å². The van der Waals surface area contributed by atoms with Gasteiger partial charge >= 0.3 is 0 Å². The first-order chi connectivity index (χ1) is 5.29. The van der Waals surface area contributed by atoms with Gasteiger partial charge in [-0.3, -0.25) is 4.79 Å². The van der Waals surface area contributed by atoms with Gasteiger partial charge in [0.2, 0.25) is 5.91 Å². The van der Waals surface area contributed by atoms with Gasteiger partial charge in [0, 0.05) is 6.42 Å². The van der Waals surface area contributed by atoms with Crippen LogP contribution in [0.4, 0.5) is 0 Å². The number of rotatable bonds is 2. The molecule has 1 aliphatic rings. The van der Waals surface area contributed by atoms with E-state index in [0.717, 1.165) is 25.9 Å². The van der Waals surface area contributed by atoms with Crippen LogP contribution in [-0.2, 0) is 4.79 Å². The highest BCUT2D eigenvalue weighted by atomic mass is 16.1. The van der Waals surface area contributed by atoms with Crippen LogP contribution < -0.4 is 11.1 Å². The Morgan fingerprint density at radius 3 is 3.00 bits per heavy atom. The standard InChI is InChI=1S/C8H16N2O/c9-8(11)6-7-2-1-4-10-5-3-7/h7,10H,1-6H2,(H2,9,11)/t7-/m0/s1. The molecule has 11 heavy (non-hydrogen) atoms. The SMILES string of the molecule is NC(=O)C[C@H]1CCCNCC1. The predicted molar refractivity (Wildman–Crippen MR) is 44.0 cm³/mol. The molecule has 1 saturated heterocycles. The summed E-state index contributed by atoms with van der Waals surface area (Å²) in [7, 11) is 0. The Kier molecular flexibility index (Phi) is 3.36. The van der Waals surface area contributed by atoms with Gasteiger partial charge in [-0.1, -0.05) is 0 Å². The summed E-state index contributed by atoms with van der Waals surface area (Å²) in [5, 5.41) is 3.30. The maximum atomic E-state index is 10.6. The van der Waals surface area contributed by atoms with E-state index in [0.29, 0.717) is 12.3 Å². The van der Waals surface area contributed by atoms with Crippen LogP contribution in [0, 0.1) is 5.92 Å². The van der Waals surface area contributed by atoms with Crippen molar-refractivity contribution >= 4 is 5.91 Å². The molecule has 0 unspecified atom stereocenters. The second kappa shape index (κ2) is 4.34. The number of primary amides is 1. The Bertz CT molecular complexity index is 128. The number of carbonyl (C=O) groups excluding carboxylic acids is 1. The zero-order chi connectivity index (χ0) is 8.10. The average molecular weight is 156 g/mol. The Hall–Kier alpha value is -0.570. The van der Waals surface area contributed by atoms with Crippen molar-refractivity contribution in [1.82, 2.24) is 5.32 Å². The monoisotopic (exact) mass is 156 g/mol. The quantitative estimate of drug-likeness (QED) is 0.602. The van der Waals surface area contributed by atoms with Gasteiger partial charge in [0.25, 0.3) is 0 Å². The summed E-state index contributed by atoms with van der Waals surface area (Å²) in [6.45, 7) is 2.13. The van der Waals surface area contributed by atoms with Crippen LogP contribution in [-0.4, -0.2) is 19.0 Å². The van der Waals surface area contributed by atoms with Gasteiger partial charge in [0.1, 0.15) is 0 Å². The molecule has 1 heterocycles. The van der Waals surface area contributed by atoms with Crippen molar-refractivity contribution in [2.24, 2.45) is 11.7 Å². The van der Waals surface area contributed by atoms with Crippen molar-refractivity contribution < 1.29 is 4.79 Å². The molecule has 3 nitrogen and oxygen atoms in total. The Balaban J connectivity index is 2.25. The number of nitrogens with one attached hydrogen (secondary N) is 1. The minimum absolute atomic E-state index is 0.156. The van der Waals surface area contributed by atoms with Crippen LogP contribution in [0.1, 0.15) is 25.7 Å². The third kappa shape index (κ3) is 3.37. The van der Waals surface area contributed by atoms with Crippen LogP contribution in [0.25, 0.3) is 0 Å². The first kappa shape index (κ1) is 8.53. The van der Waals surface area contributed by atoms with Crippen molar-refractivity contribution in [2.45, 2.75) is 25.7 Å². The Morgan fingerprint density at radius 2 is 2.27 bits per heavy atom. The molecule has 64 valence electrons. The fraction of sp³-hybridized carbons (Fsp3) is 0.875. The molecule has 0 spiro atoms. The second-order valence-corrected chi connectivity index (χ2v) is 3.22. The third-order valence-corrected chi connectivity index (χ3v) is 2.19. The summed E-state index contributed by atoms with van der Waals surface area (Å²) in [6, 6.07) is 0. The first-order valence-electron chi connectivity index (χ1n) is 4.28. The van der Waals surface area contributed by atoms with Crippen LogP contribution in [0.5, 0.6) is 0 Å². The molecule has 0 aromatic heterocycles. The van der Waals surface area contributed by atoms with Crippen molar-refractivity contribution in [3.05, 3.63) is 0 Å². The Morgan fingerprint density at radius 1 is 1.45 bits per heavy atom. The molecule has 0 aromatic rings. The van der Waals surface area contributed by atoms with E-state index in [1.54, 1.807) is 0 Å². The largest absolute Gasteiger partial charge is 0.370 e. The molecular weight excluding hydrogens is 140 g/mol. The predicted octanol–water partition coefficient (Wildman–Crippen LogP) is 0.251. The molecule has 3 heteroatoms. The lowest BCUT2D eigenvalue weighted by Gasteiger charge is -2.09. The zero-order valence-electron chi connectivity index (χ0n) is 6.81. The molecule has 1 aliphatic heterocycles. The van der Waals surface area contributed by atoms with Crippen LogP contribution in [0.2, 0.25) is 0 Å². The van der Waals surface area contributed by atoms with E-state index < -0.39 is 0 Å². The molecule has 0 aliphatic carbocycles. The van der Waals surface area contributed by atoms with Crippen molar-refractivity contribution in [3.8, 4) is 0 Å². The topological polar surface area (TPSA) is 55.1 Å². The van der Waals surface area contributed by atoms with Gasteiger partial charge in [-0.05, 0) is 38.3 Å². The summed E-state index contributed by atoms with van der Waals surface area (Å²) in [6.07, 6.45) is 4.00. The zero-order valence-corrected chi connectivity index (χ0v) is 6.81. The van der Waals surface area contributed by atoms with E-state index in [2.05, 4.69) is 5.32 Å². The van der Waals surface area contributed by atoms with Crippen molar-refractivity contribution in [1.29, 1.82) is 0 Å². The molecule has 0 bridgehead atoms. The molecule has 0 radical (unpaired) electrons. The number of amides is 1. The summed E-state index contributed by atoms with van der Waals surface area (Å²) in [5.74, 6) is 0.374. The molecule has 3 N–H and O–H groups in total. The molecular formula is C8H16N2O. The highest BCUT2D eigenvalue weighted by Gasteiger charge is 2.13. The lowest BCUT2D eigenvalue weighted by Crippen LogP contribution is -2.18. The van der Waals surface area contributed by atoms with Gasteiger partial charge in [-0.15, -0.1) is 0 Å². The molecule has 0 saturated carbocycles. The third-order valence-electron chi connectivity index (χ3n) is 2.19. The van der Waals surface area contributed by atoms with E-state index in [-0.39, 0.29) is 5.91 Å². The molecule has 1 fully saturated rings. The first-order valence-corrected chi connectivity index (χ1v) is 4.28. The van der Waals surface area contributed by atoms with Gasteiger partial charge in [0.05, 0.1) is 0 Å². The van der Waals surface area contributed by atoms with Gasteiger partial charge in [0.15, 0.2) is 0 Å². The fourth-order valence-corrected chi connectivity index (χ4v) is 1.58. The average Bonchev–Trinajstić information content (AvgIpc) is 2.14. The van der Waals surface area contributed by atoms with E-state index >= 15 is 0 Å². The normalized spacial score (nSPS) is 26.0. The maximum absolute atomic E-state index is 10.6. The maximum Gasteiger partial charge on any atom is 0.217 e. The molecule has 0 aromatic carbocycles. The summed E-state index contributed by atoms with van der Waals surface area (Å²) >= 11 is 0. The highest BCUT2D eigenvalue weighted by molar-refractivity contribution is 5.73. The molecule has 1 rings (SSSR count). The lowest BCUT2D eigenvalue weighted by molar-refractivity contribution is -0.118. The van der Waals surface area contributed by atoms with Crippen LogP contribution in [0.3, 0.4) is 0 Å². The summed E-state index contributed by atoms with van der Waals surface area (Å²) in [4.78, 5) is 10.6. The minimum Gasteiger partial charge on any atom is -0.370 e. The van der Waals surface area contributed by atoms with E-state index in [4.69, 9.17) is 5.73 Å². The molecule has 1 atom stereocenters. The van der Waals surface area contributed by atoms with E-state index in [9.17, 15) is 4.79 Å². The van der Waals surface area contributed by atoms with Gasteiger partial charge in [-0.25, -0.2) is 0 Å². The van der Waals surface area contributed by atoms with Crippen molar-refractivity contribution in [2.75, 3.05) is 13.1 Å². The fourth-order valence-electron chi connectivity index (χ4n) is 1.58. The second-order valence-electron chi connectivity index (χ2n) is 3.22. The number of carbonyl (C=O) groups is 1.